The van der Waals surface area contributed by atoms with Crippen molar-refractivity contribution in [3.63, 3.8) is 0 Å². The minimum atomic E-state index is -1.65. The second-order valence-corrected chi connectivity index (χ2v) is 4.90. The van der Waals surface area contributed by atoms with E-state index in [0.29, 0.717) is 11.9 Å². The Morgan fingerprint density at radius 3 is 2.88 bits per heavy atom. The molecule has 0 bridgehead atoms. The van der Waals surface area contributed by atoms with Gasteiger partial charge in [-0.25, -0.2) is 0 Å². The number of hydrogen-bond donors (Lipinski definition) is 1. The van der Waals surface area contributed by atoms with Crippen molar-refractivity contribution in [2.75, 3.05) is 12.8 Å². The van der Waals surface area contributed by atoms with E-state index in [1.807, 2.05) is 0 Å². The molecule has 5 heteroatoms. The van der Waals surface area contributed by atoms with Crippen molar-refractivity contribution in [1.29, 1.82) is 0 Å². The Balaban J connectivity index is 2.50. The molecule has 1 aromatic carbocycles. The van der Waals surface area contributed by atoms with Gasteiger partial charge in [-0.05, 0) is 19.1 Å². The molecule has 0 aliphatic carbocycles. The average molecular weight is 241 g/mol. The standard InChI is InChI=1S/C11H13O4P/c1-2-15-11(13)6-7-16(14)10-5-3-4-9(12)8-10/h3-5,8H,2,6-7H2,1H3/p+1. The molecule has 1 aromatic rings. The van der Waals surface area contributed by atoms with Crippen LogP contribution in [0.1, 0.15) is 13.3 Å². The van der Waals surface area contributed by atoms with E-state index in [9.17, 15) is 14.5 Å². The van der Waals surface area contributed by atoms with Crippen LogP contribution in [-0.4, -0.2) is 23.8 Å². The summed E-state index contributed by atoms with van der Waals surface area (Å²) in [7, 11) is -1.65. The summed E-state index contributed by atoms with van der Waals surface area (Å²) >= 11 is 0. The van der Waals surface area contributed by atoms with Crippen molar-refractivity contribution in [2.24, 2.45) is 0 Å². The molecule has 1 unspecified atom stereocenters. The first-order valence-electron chi connectivity index (χ1n) is 5.02. The number of carbonyl (C=O) groups is 1. The highest BCUT2D eigenvalue weighted by Crippen LogP contribution is 2.22. The van der Waals surface area contributed by atoms with Gasteiger partial charge in [-0.15, -0.1) is 0 Å². The van der Waals surface area contributed by atoms with Gasteiger partial charge in [-0.2, -0.15) is 0 Å². The molecule has 0 aliphatic heterocycles. The summed E-state index contributed by atoms with van der Waals surface area (Å²) in [6.07, 6.45) is 0.385. The SMILES string of the molecule is CCOC(=O)CC[P+](=O)c1cccc(O)c1. The van der Waals surface area contributed by atoms with Crippen LogP contribution in [0.5, 0.6) is 5.75 Å². The molecule has 0 spiro atoms. The number of rotatable bonds is 5. The number of ether oxygens (including phenoxy) is 1. The zero-order valence-corrected chi connectivity index (χ0v) is 9.94. The monoisotopic (exact) mass is 241 g/mol. The van der Waals surface area contributed by atoms with Gasteiger partial charge in [0.15, 0.2) is 11.5 Å². The first-order valence-corrected chi connectivity index (χ1v) is 6.47. The van der Waals surface area contributed by atoms with Crippen molar-refractivity contribution < 1.29 is 19.2 Å². The van der Waals surface area contributed by atoms with Crippen LogP contribution < -0.4 is 5.30 Å². The number of carbonyl (C=O) groups excluding carboxylic acids is 1. The molecule has 0 aromatic heterocycles. The van der Waals surface area contributed by atoms with Crippen molar-refractivity contribution >= 4 is 19.1 Å². The molecule has 0 aliphatic rings. The molecular weight excluding hydrogens is 227 g/mol. The number of benzene rings is 1. The summed E-state index contributed by atoms with van der Waals surface area (Å²) in [5.41, 5.74) is 0. The lowest BCUT2D eigenvalue weighted by Crippen LogP contribution is -2.07. The van der Waals surface area contributed by atoms with Crippen molar-refractivity contribution in [1.82, 2.24) is 0 Å². The van der Waals surface area contributed by atoms with Crippen LogP contribution in [0.2, 0.25) is 0 Å². The largest absolute Gasteiger partial charge is 0.508 e. The Labute approximate surface area is 95.0 Å². The molecule has 1 N–H and O–H groups in total. The van der Waals surface area contributed by atoms with E-state index in [1.54, 1.807) is 19.1 Å². The van der Waals surface area contributed by atoms with Crippen molar-refractivity contribution in [2.45, 2.75) is 13.3 Å². The van der Waals surface area contributed by atoms with Gasteiger partial charge in [0.25, 0.3) is 0 Å². The Morgan fingerprint density at radius 1 is 1.50 bits per heavy atom. The van der Waals surface area contributed by atoms with E-state index in [0.717, 1.165) is 0 Å². The lowest BCUT2D eigenvalue weighted by Gasteiger charge is -1.96. The second-order valence-electron chi connectivity index (χ2n) is 3.18. The van der Waals surface area contributed by atoms with Gasteiger partial charge < -0.3 is 9.84 Å². The van der Waals surface area contributed by atoms with E-state index >= 15 is 0 Å². The molecule has 16 heavy (non-hydrogen) atoms. The highest BCUT2D eigenvalue weighted by molar-refractivity contribution is 7.53. The predicted octanol–water partition coefficient (Wildman–Crippen LogP) is 1.80. The van der Waals surface area contributed by atoms with Crippen molar-refractivity contribution in [3.05, 3.63) is 24.3 Å². The van der Waals surface area contributed by atoms with Gasteiger partial charge in [0.2, 0.25) is 0 Å². The number of hydrogen-bond acceptors (Lipinski definition) is 4. The van der Waals surface area contributed by atoms with E-state index in [-0.39, 0.29) is 24.3 Å². The van der Waals surface area contributed by atoms with Crippen LogP contribution in [0.15, 0.2) is 24.3 Å². The average Bonchev–Trinajstić information content (AvgIpc) is 2.26. The summed E-state index contributed by atoms with van der Waals surface area (Å²) < 4.78 is 16.5. The smallest absolute Gasteiger partial charge is 0.377 e. The fraction of sp³-hybridized carbons (Fsp3) is 0.364. The van der Waals surface area contributed by atoms with Gasteiger partial charge >= 0.3 is 13.8 Å². The molecule has 0 heterocycles. The zero-order valence-electron chi connectivity index (χ0n) is 9.05. The van der Waals surface area contributed by atoms with Crippen LogP contribution >= 0.6 is 7.80 Å². The molecule has 0 saturated heterocycles. The van der Waals surface area contributed by atoms with Crippen LogP contribution in [0, 0.1) is 0 Å². The van der Waals surface area contributed by atoms with Crippen LogP contribution in [0.4, 0.5) is 0 Å². The molecule has 1 rings (SSSR count). The fourth-order valence-electron chi connectivity index (χ4n) is 1.20. The van der Waals surface area contributed by atoms with Gasteiger partial charge in [-0.1, -0.05) is 10.6 Å². The minimum Gasteiger partial charge on any atom is -0.508 e. The summed E-state index contributed by atoms with van der Waals surface area (Å²) in [5.74, 6) is -0.261. The quantitative estimate of drug-likeness (QED) is 0.630. The number of phenolic OH excluding ortho intramolecular Hbond substituents is 1. The molecule has 0 amide bonds. The maximum absolute atomic E-state index is 11.7. The van der Waals surface area contributed by atoms with E-state index in [1.165, 1.54) is 12.1 Å². The predicted molar refractivity (Wildman–Crippen MR) is 61.5 cm³/mol. The van der Waals surface area contributed by atoms with E-state index in [2.05, 4.69) is 0 Å². The number of esters is 1. The third-order valence-electron chi connectivity index (χ3n) is 1.94. The second kappa shape index (κ2) is 6.23. The van der Waals surface area contributed by atoms with Crippen LogP contribution in [0.3, 0.4) is 0 Å². The number of phenols is 1. The van der Waals surface area contributed by atoms with E-state index < -0.39 is 7.80 Å². The van der Waals surface area contributed by atoms with Gasteiger partial charge in [-0.3, -0.25) is 4.79 Å². The Kier molecular flexibility index (Phi) is 4.93. The molecule has 86 valence electrons. The third kappa shape index (κ3) is 3.99. The lowest BCUT2D eigenvalue weighted by atomic mass is 10.3. The fourth-order valence-corrected chi connectivity index (χ4v) is 2.38. The topological polar surface area (TPSA) is 63.6 Å². The summed E-state index contributed by atoms with van der Waals surface area (Å²) in [6.45, 7) is 2.06. The number of aromatic hydroxyl groups is 1. The van der Waals surface area contributed by atoms with Crippen LogP contribution in [-0.2, 0) is 14.1 Å². The van der Waals surface area contributed by atoms with Crippen LogP contribution in [0.25, 0.3) is 0 Å². The summed E-state index contributed by atoms with van der Waals surface area (Å²) in [6, 6.07) is 6.26. The summed E-state index contributed by atoms with van der Waals surface area (Å²) in [4.78, 5) is 11.0. The first-order chi connectivity index (χ1) is 7.63. The normalized spacial score (nSPS) is 10.9. The lowest BCUT2D eigenvalue weighted by molar-refractivity contribution is -0.142. The molecule has 0 saturated carbocycles. The molecule has 1 atom stereocenters. The zero-order chi connectivity index (χ0) is 12.0. The Morgan fingerprint density at radius 2 is 2.25 bits per heavy atom. The maximum Gasteiger partial charge on any atom is 0.377 e. The first kappa shape index (κ1) is 12.7. The van der Waals surface area contributed by atoms with Gasteiger partial charge in [0, 0.05) is 6.07 Å². The highest BCUT2D eigenvalue weighted by atomic mass is 31.1. The van der Waals surface area contributed by atoms with Crippen molar-refractivity contribution in [3.8, 4) is 5.75 Å². The molecule has 0 fully saturated rings. The Bertz CT molecular complexity index is 389. The molecule has 4 nitrogen and oxygen atoms in total. The van der Waals surface area contributed by atoms with Gasteiger partial charge in [0.05, 0.1) is 13.0 Å². The van der Waals surface area contributed by atoms with Gasteiger partial charge in [0.1, 0.15) is 5.75 Å². The minimum absolute atomic E-state index is 0.0805. The maximum atomic E-state index is 11.7. The Hall–Kier alpha value is -1.41. The third-order valence-corrected chi connectivity index (χ3v) is 3.43. The molecule has 0 radical (unpaired) electrons. The summed E-state index contributed by atoms with van der Waals surface area (Å²) in [5, 5.41) is 9.76. The van der Waals surface area contributed by atoms with E-state index in [4.69, 9.17) is 4.74 Å². The molecular formula is C11H14O4P+. The highest BCUT2D eigenvalue weighted by Gasteiger charge is 2.21.